The summed E-state index contributed by atoms with van der Waals surface area (Å²) in [4.78, 5) is 47.6. The highest BCUT2D eigenvalue weighted by atomic mass is 19.4. The SMILES string of the molecule is CCN(Cc1ccc(C(F)(F)F)cc1C)C(=O)C(=O)OCC(F)(F)F.CCN(Cc1ccc(C(F)(F)F)cc1C)C(=O)C(N)=O. The molecule has 0 fully saturated rings. The molecule has 0 aliphatic rings. The van der Waals surface area contributed by atoms with Crippen molar-refractivity contribution in [2.24, 2.45) is 5.73 Å². The molecule has 8 nitrogen and oxygen atoms in total. The number of hydrogen-bond donors (Lipinski definition) is 1. The van der Waals surface area contributed by atoms with Gasteiger partial charge in [0.05, 0.1) is 11.1 Å². The molecule has 0 radical (unpaired) electrons. The number of ether oxygens (including phenoxy) is 1. The molecule has 45 heavy (non-hydrogen) atoms. The van der Waals surface area contributed by atoms with Gasteiger partial charge in [0.1, 0.15) is 0 Å². The molecule has 0 bridgehead atoms. The van der Waals surface area contributed by atoms with Gasteiger partial charge in [-0.1, -0.05) is 12.1 Å². The van der Waals surface area contributed by atoms with Crippen LogP contribution in [0.15, 0.2) is 36.4 Å². The molecular weight excluding hydrogens is 629 g/mol. The zero-order valence-corrected chi connectivity index (χ0v) is 24.4. The van der Waals surface area contributed by atoms with Gasteiger partial charge in [-0.15, -0.1) is 0 Å². The van der Waals surface area contributed by atoms with Crippen molar-refractivity contribution in [2.45, 2.75) is 59.3 Å². The quantitative estimate of drug-likeness (QED) is 0.246. The second kappa shape index (κ2) is 15.6. The standard InChI is InChI=1S/C15H15F6NO3.C13H15F3N2O2/c1-3-22(12(23)13(24)25-8-14(16,17)18)7-10-4-5-11(6-9(10)2)15(19,20)21;1-3-18(12(20)11(17)19)7-9-4-5-10(6-8(9)2)13(14,15)16/h4-6H,3,7-8H2,1-2H3;4-6H,3,7H2,1-2H3,(H2,17,19). The lowest BCUT2D eigenvalue weighted by atomic mass is 10.0. The fourth-order valence-corrected chi connectivity index (χ4v) is 3.66. The summed E-state index contributed by atoms with van der Waals surface area (Å²) in [6, 6.07) is 6.12. The van der Waals surface area contributed by atoms with Crippen LogP contribution in [0.2, 0.25) is 0 Å². The summed E-state index contributed by atoms with van der Waals surface area (Å²) in [6.45, 7) is 4.15. The summed E-state index contributed by atoms with van der Waals surface area (Å²) in [5.74, 6) is -4.92. The van der Waals surface area contributed by atoms with Crippen LogP contribution in [0.1, 0.15) is 47.2 Å². The van der Waals surface area contributed by atoms with Gasteiger partial charge >= 0.3 is 42.2 Å². The number of nitrogens with zero attached hydrogens (tertiary/aromatic N) is 2. The fourth-order valence-electron chi connectivity index (χ4n) is 3.66. The van der Waals surface area contributed by atoms with Gasteiger partial charge in [-0.3, -0.25) is 14.4 Å². The average molecular weight is 660 g/mol. The number of amides is 3. The molecule has 0 saturated carbocycles. The van der Waals surface area contributed by atoms with Crippen molar-refractivity contribution in [2.75, 3.05) is 19.7 Å². The number of carbonyl (C=O) groups is 4. The van der Waals surface area contributed by atoms with Crippen LogP contribution >= 0.6 is 0 Å². The number of likely N-dealkylation sites (N-methyl/N-ethyl adjacent to an activating group) is 2. The number of benzene rings is 2. The first kappa shape index (κ1) is 38.7. The van der Waals surface area contributed by atoms with Crippen molar-refractivity contribution in [1.29, 1.82) is 0 Å². The van der Waals surface area contributed by atoms with Crippen molar-refractivity contribution >= 4 is 23.7 Å². The molecule has 0 unspecified atom stereocenters. The highest BCUT2D eigenvalue weighted by Gasteiger charge is 2.34. The van der Waals surface area contributed by atoms with Gasteiger partial charge in [0, 0.05) is 26.2 Å². The summed E-state index contributed by atoms with van der Waals surface area (Å²) in [6.07, 6.45) is -13.7. The first-order chi connectivity index (χ1) is 20.5. The second-order valence-corrected chi connectivity index (χ2v) is 9.47. The van der Waals surface area contributed by atoms with Gasteiger partial charge in [0.2, 0.25) is 0 Å². The Kier molecular flexibility index (Phi) is 13.4. The monoisotopic (exact) mass is 659 g/mol. The largest absolute Gasteiger partial charge is 0.449 e. The Morgan fingerprint density at radius 1 is 0.689 bits per heavy atom. The summed E-state index contributed by atoms with van der Waals surface area (Å²) >= 11 is 0. The molecule has 2 aromatic carbocycles. The Morgan fingerprint density at radius 3 is 1.36 bits per heavy atom. The van der Waals surface area contributed by atoms with Gasteiger partial charge in [-0.2, -0.15) is 39.5 Å². The van der Waals surface area contributed by atoms with E-state index in [1.807, 2.05) is 0 Å². The number of alkyl halides is 9. The Balaban J connectivity index is 0.000000461. The van der Waals surface area contributed by atoms with Crippen molar-refractivity contribution < 1.29 is 63.4 Å². The van der Waals surface area contributed by atoms with E-state index in [1.54, 1.807) is 6.92 Å². The van der Waals surface area contributed by atoms with Gasteiger partial charge in [0.15, 0.2) is 6.61 Å². The minimum Gasteiger partial charge on any atom is -0.449 e. The van der Waals surface area contributed by atoms with Crippen LogP contribution in [0, 0.1) is 13.8 Å². The number of nitrogens with two attached hydrogens (primary N) is 1. The van der Waals surface area contributed by atoms with E-state index in [0.29, 0.717) is 16.7 Å². The van der Waals surface area contributed by atoms with Crippen LogP contribution in [0.25, 0.3) is 0 Å². The van der Waals surface area contributed by atoms with E-state index >= 15 is 0 Å². The molecule has 0 aliphatic heterocycles. The molecule has 0 atom stereocenters. The highest BCUT2D eigenvalue weighted by Crippen LogP contribution is 2.31. The molecule has 0 heterocycles. The maximum Gasteiger partial charge on any atom is 0.422 e. The lowest BCUT2D eigenvalue weighted by Crippen LogP contribution is -2.39. The van der Waals surface area contributed by atoms with Gasteiger partial charge in [-0.05, 0) is 74.2 Å². The minimum absolute atomic E-state index is 0.0413. The van der Waals surface area contributed by atoms with E-state index in [2.05, 4.69) is 4.74 Å². The predicted octanol–water partition coefficient (Wildman–Crippen LogP) is 5.32. The molecule has 0 aromatic heterocycles. The van der Waals surface area contributed by atoms with Crippen molar-refractivity contribution in [1.82, 2.24) is 9.80 Å². The number of primary amides is 1. The average Bonchev–Trinajstić information content (AvgIpc) is 2.92. The molecule has 2 N–H and O–H groups in total. The Hall–Kier alpha value is -4.31. The van der Waals surface area contributed by atoms with E-state index in [4.69, 9.17) is 5.73 Å². The molecule has 0 spiro atoms. The van der Waals surface area contributed by atoms with Crippen LogP contribution in [-0.2, 0) is 49.4 Å². The second-order valence-electron chi connectivity index (χ2n) is 9.47. The van der Waals surface area contributed by atoms with Crippen molar-refractivity contribution in [3.05, 3.63) is 69.8 Å². The van der Waals surface area contributed by atoms with Crippen LogP contribution in [0.4, 0.5) is 39.5 Å². The first-order valence-corrected chi connectivity index (χ1v) is 13.0. The molecule has 250 valence electrons. The van der Waals surface area contributed by atoms with E-state index in [9.17, 15) is 58.7 Å². The van der Waals surface area contributed by atoms with E-state index in [0.717, 1.165) is 35.2 Å². The molecule has 2 aromatic rings. The third kappa shape index (κ3) is 12.3. The zero-order chi connectivity index (χ0) is 34.9. The lowest BCUT2D eigenvalue weighted by molar-refractivity contribution is -0.189. The molecule has 17 heteroatoms. The van der Waals surface area contributed by atoms with Gasteiger partial charge < -0.3 is 20.3 Å². The van der Waals surface area contributed by atoms with Crippen LogP contribution in [-0.4, -0.2) is 59.4 Å². The van der Waals surface area contributed by atoms with Crippen molar-refractivity contribution in [3.8, 4) is 0 Å². The predicted molar refractivity (Wildman–Crippen MR) is 141 cm³/mol. The summed E-state index contributed by atoms with van der Waals surface area (Å²) < 4.78 is 115. The molecule has 3 amide bonds. The number of halogens is 9. The maximum absolute atomic E-state index is 12.6. The van der Waals surface area contributed by atoms with Crippen LogP contribution in [0.3, 0.4) is 0 Å². The summed E-state index contributed by atoms with van der Waals surface area (Å²) in [5.41, 5.74) is 4.78. The number of esters is 1. The van der Waals surface area contributed by atoms with Crippen LogP contribution < -0.4 is 5.73 Å². The maximum atomic E-state index is 12.6. The number of rotatable bonds is 7. The lowest BCUT2D eigenvalue weighted by Gasteiger charge is -2.21. The first-order valence-electron chi connectivity index (χ1n) is 13.0. The smallest absolute Gasteiger partial charge is 0.422 e. The fraction of sp³-hybridized carbons (Fsp3) is 0.429. The third-order valence-corrected chi connectivity index (χ3v) is 6.15. The van der Waals surface area contributed by atoms with E-state index < -0.39 is 60.0 Å². The summed E-state index contributed by atoms with van der Waals surface area (Å²) in [5, 5.41) is 0. The number of aryl methyl sites for hydroxylation is 2. The summed E-state index contributed by atoms with van der Waals surface area (Å²) in [7, 11) is 0. The molecule has 0 saturated heterocycles. The number of hydrogen-bond acceptors (Lipinski definition) is 5. The van der Waals surface area contributed by atoms with Crippen LogP contribution in [0.5, 0.6) is 0 Å². The van der Waals surface area contributed by atoms with Gasteiger partial charge in [-0.25, -0.2) is 4.79 Å². The minimum atomic E-state index is -4.77. The zero-order valence-electron chi connectivity index (χ0n) is 24.4. The molecule has 0 aliphatic carbocycles. The molecular formula is C28H30F9N3O5. The third-order valence-electron chi connectivity index (χ3n) is 6.15. The van der Waals surface area contributed by atoms with Crippen molar-refractivity contribution in [3.63, 3.8) is 0 Å². The van der Waals surface area contributed by atoms with E-state index in [-0.39, 0.29) is 31.7 Å². The van der Waals surface area contributed by atoms with Gasteiger partial charge in [0.25, 0.3) is 0 Å². The van der Waals surface area contributed by atoms with E-state index in [1.165, 1.54) is 31.7 Å². The molecule has 2 rings (SSSR count). The number of carbonyl (C=O) groups excluding carboxylic acids is 4. The Morgan fingerprint density at radius 2 is 1.07 bits per heavy atom. The Bertz CT molecular complexity index is 1370. The topological polar surface area (TPSA) is 110 Å². The Labute approximate surface area is 251 Å². The normalized spacial score (nSPS) is 11.7. The highest BCUT2D eigenvalue weighted by molar-refractivity contribution is 6.34.